The van der Waals surface area contributed by atoms with Gasteiger partial charge in [0.15, 0.2) is 0 Å². The molecular formula is C39H52N4O7. The maximum Gasteiger partial charge on any atom is 0.407 e. The van der Waals surface area contributed by atoms with Crippen LogP contribution < -0.4 is 21.3 Å². The average Bonchev–Trinajstić information content (AvgIpc) is 3.44. The Morgan fingerprint density at radius 2 is 1.42 bits per heavy atom. The number of carbonyl (C=O) groups excluding carboxylic acids is 5. The molecule has 3 amide bonds. The molecular weight excluding hydrogens is 636 g/mol. The van der Waals surface area contributed by atoms with E-state index in [2.05, 4.69) is 45.5 Å². The van der Waals surface area contributed by atoms with Crippen molar-refractivity contribution in [1.29, 1.82) is 0 Å². The number of hydrogen-bond acceptors (Lipinski definition) is 8. The van der Waals surface area contributed by atoms with Gasteiger partial charge in [-0.15, -0.1) is 0 Å². The molecule has 0 aromatic heterocycles. The van der Waals surface area contributed by atoms with Crippen LogP contribution in [-0.2, 0) is 35.1 Å². The second-order valence-corrected chi connectivity index (χ2v) is 12.0. The predicted molar refractivity (Wildman–Crippen MR) is 194 cm³/mol. The highest BCUT2D eigenvalue weighted by molar-refractivity contribution is 5.86. The molecule has 11 nitrogen and oxygen atoms in total. The standard InChI is InChI=1S/C17H17NO2.C15H20N2O3.C7H15NO2/c1-2-18-17(19)20-11-16-14-9-5-3-7-12(14)13-8-4-6-10-15(13)16;1-11(2)14(9-18)17-15(20)13(16-10-19)8-12-6-4-3-5-7-12;1-4-6(2)10-7(9)5-8-3/h3-10,16H,2,11H2,1H3,(H,18,19);3-7,9-11,13-14H,8H2,1-2H3,(H,16,19)(H,17,20);6,8H,4-5H2,1-3H3. The number of carbonyl (C=O) groups is 5. The highest BCUT2D eigenvalue weighted by Gasteiger charge is 2.29. The summed E-state index contributed by atoms with van der Waals surface area (Å²) in [6.45, 7) is 10.7. The Hall–Kier alpha value is -5.03. The van der Waals surface area contributed by atoms with Gasteiger partial charge in [0.1, 0.15) is 18.9 Å². The fraction of sp³-hybridized carbons (Fsp3) is 0.410. The molecule has 1 aliphatic rings. The molecule has 11 heteroatoms. The van der Waals surface area contributed by atoms with Crippen molar-refractivity contribution in [2.45, 2.75) is 71.6 Å². The van der Waals surface area contributed by atoms with Gasteiger partial charge in [-0.25, -0.2) is 4.79 Å². The second kappa shape index (κ2) is 22.6. The summed E-state index contributed by atoms with van der Waals surface area (Å²) >= 11 is 0. The first kappa shape index (κ1) is 41.1. The van der Waals surface area contributed by atoms with Gasteiger partial charge in [-0.1, -0.05) is 99.6 Å². The van der Waals surface area contributed by atoms with Crippen molar-refractivity contribution in [2.24, 2.45) is 5.92 Å². The molecule has 0 heterocycles. The lowest BCUT2D eigenvalue weighted by Crippen LogP contribution is -2.50. The summed E-state index contributed by atoms with van der Waals surface area (Å²) in [6.07, 6.45) is 2.15. The quantitative estimate of drug-likeness (QED) is 0.132. The maximum absolute atomic E-state index is 12.1. The number of rotatable bonds is 15. The Labute approximate surface area is 295 Å². The smallest absolute Gasteiger partial charge is 0.407 e. The van der Waals surface area contributed by atoms with Crippen LogP contribution in [0.2, 0.25) is 0 Å². The Morgan fingerprint density at radius 1 is 0.840 bits per heavy atom. The molecule has 4 rings (SSSR count). The van der Waals surface area contributed by atoms with Crippen molar-refractivity contribution >= 4 is 30.7 Å². The molecule has 0 radical (unpaired) electrons. The Balaban J connectivity index is 0.000000276. The van der Waals surface area contributed by atoms with Crippen molar-refractivity contribution < 1.29 is 33.4 Å². The fourth-order valence-electron chi connectivity index (χ4n) is 5.07. The van der Waals surface area contributed by atoms with Gasteiger partial charge in [0, 0.05) is 18.9 Å². The molecule has 0 saturated carbocycles. The second-order valence-electron chi connectivity index (χ2n) is 12.0. The van der Waals surface area contributed by atoms with Gasteiger partial charge in [-0.05, 0) is 61.1 Å². The van der Waals surface area contributed by atoms with E-state index >= 15 is 0 Å². The minimum atomic E-state index is -0.684. The molecule has 1 aliphatic carbocycles. The number of esters is 1. The minimum absolute atomic E-state index is 0.00468. The minimum Gasteiger partial charge on any atom is -0.462 e. The van der Waals surface area contributed by atoms with Gasteiger partial charge in [-0.2, -0.15) is 0 Å². The predicted octanol–water partition coefficient (Wildman–Crippen LogP) is 4.78. The number of alkyl carbamates (subject to hydrolysis) is 1. The number of aldehydes is 1. The van der Waals surface area contributed by atoms with E-state index < -0.39 is 12.1 Å². The zero-order chi connectivity index (χ0) is 36.9. The number of ether oxygens (including phenoxy) is 2. The number of amides is 3. The van der Waals surface area contributed by atoms with Crippen molar-refractivity contribution in [1.82, 2.24) is 21.3 Å². The monoisotopic (exact) mass is 688 g/mol. The Morgan fingerprint density at radius 3 is 1.92 bits per heavy atom. The molecule has 0 saturated heterocycles. The zero-order valence-electron chi connectivity index (χ0n) is 29.9. The van der Waals surface area contributed by atoms with E-state index in [0.29, 0.717) is 38.8 Å². The lowest BCUT2D eigenvalue weighted by Gasteiger charge is -2.21. The number of benzene rings is 3. The summed E-state index contributed by atoms with van der Waals surface area (Å²) in [6, 6.07) is 24.8. The van der Waals surface area contributed by atoms with E-state index in [1.54, 1.807) is 7.05 Å². The molecule has 0 spiro atoms. The van der Waals surface area contributed by atoms with Gasteiger partial charge in [0.2, 0.25) is 12.3 Å². The lowest BCUT2D eigenvalue weighted by atomic mass is 9.98. The first-order chi connectivity index (χ1) is 24.1. The van der Waals surface area contributed by atoms with Crippen LogP contribution in [0.4, 0.5) is 4.79 Å². The average molecular weight is 689 g/mol. The number of fused-ring (bicyclic) bond motifs is 3. The molecule has 0 aliphatic heterocycles. The van der Waals surface area contributed by atoms with E-state index in [4.69, 9.17) is 9.47 Å². The number of likely N-dealkylation sites (N-methyl/N-ethyl adjacent to an activating group) is 1. The summed E-state index contributed by atoms with van der Waals surface area (Å²) in [5, 5.41) is 10.5. The molecule has 4 N–H and O–H groups in total. The van der Waals surface area contributed by atoms with Crippen LogP contribution in [0.5, 0.6) is 0 Å². The van der Waals surface area contributed by atoms with E-state index in [1.807, 2.05) is 89.2 Å². The Kier molecular flexibility index (Phi) is 18.6. The molecule has 3 unspecified atom stereocenters. The lowest BCUT2D eigenvalue weighted by molar-refractivity contribution is -0.147. The molecule has 270 valence electrons. The number of nitrogens with one attached hydrogen (secondary N) is 4. The summed E-state index contributed by atoms with van der Waals surface area (Å²) in [4.78, 5) is 55.9. The van der Waals surface area contributed by atoms with Crippen LogP contribution in [0, 0.1) is 5.92 Å². The molecule has 50 heavy (non-hydrogen) atoms. The van der Waals surface area contributed by atoms with E-state index in [1.165, 1.54) is 22.3 Å². The van der Waals surface area contributed by atoms with Crippen LogP contribution in [-0.4, -0.2) is 75.6 Å². The van der Waals surface area contributed by atoms with Crippen molar-refractivity contribution in [2.75, 3.05) is 26.7 Å². The molecule has 3 atom stereocenters. The fourth-order valence-corrected chi connectivity index (χ4v) is 5.07. The molecule has 0 bridgehead atoms. The van der Waals surface area contributed by atoms with Crippen LogP contribution in [0.15, 0.2) is 78.9 Å². The SMILES string of the molecule is CC(C)C(C=O)NC(=O)C(Cc1ccccc1)NC=O.CCC(C)OC(=O)CNC.CCNC(=O)OCC1c2ccccc2-c2ccccc21. The third-order valence-electron chi connectivity index (χ3n) is 7.94. The van der Waals surface area contributed by atoms with Crippen LogP contribution >= 0.6 is 0 Å². The first-order valence-electron chi connectivity index (χ1n) is 17.0. The van der Waals surface area contributed by atoms with Crippen molar-refractivity contribution in [3.63, 3.8) is 0 Å². The largest absolute Gasteiger partial charge is 0.462 e. The highest BCUT2D eigenvalue weighted by Crippen LogP contribution is 2.44. The van der Waals surface area contributed by atoms with E-state index in [-0.39, 0.29) is 35.9 Å². The van der Waals surface area contributed by atoms with Gasteiger partial charge in [0.25, 0.3) is 0 Å². The van der Waals surface area contributed by atoms with Crippen molar-refractivity contribution in [3.8, 4) is 11.1 Å². The third kappa shape index (κ3) is 13.5. The van der Waals surface area contributed by atoms with Gasteiger partial charge < -0.3 is 35.5 Å². The van der Waals surface area contributed by atoms with Crippen LogP contribution in [0.25, 0.3) is 11.1 Å². The normalized spacial score (nSPS) is 12.9. The summed E-state index contributed by atoms with van der Waals surface area (Å²) in [5.41, 5.74) is 5.89. The molecule has 3 aromatic carbocycles. The summed E-state index contributed by atoms with van der Waals surface area (Å²) in [7, 11) is 1.72. The number of hydrogen-bond donors (Lipinski definition) is 4. The van der Waals surface area contributed by atoms with E-state index in [0.717, 1.165) is 12.0 Å². The molecule has 3 aromatic rings. The first-order valence-corrected chi connectivity index (χ1v) is 17.0. The van der Waals surface area contributed by atoms with Crippen LogP contribution in [0.3, 0.4) is 0 Å². The topological polar surface area (TPSA) is 152 Å². The molecule has 0 fully saturated rings. The van der Waals surface area contributed by atoms with Crippen LogP contribution in [0.1, 0.15) is 63.6 Å². The Bertz CT molecular complexity index is 1450. The summed E-state index contributed by atoms with van der Waals surface area (Å²) < 4.78 is 10.3. The highest BCUT2D eigenvalue weighted by atomic mass is 16.5. The van der Waals surface area contributed by atoms with Gasteiger partial charge >= 0.3 is 12.1 Å². The van der Waals surface area contributed by atoms with Crippen molar-refractivity contribution in [3.05, 3.63) is 95.6 Å². The summed E-state index contributed by atoms with van der Waals surface area (Å²) in [5.74, 6) is -0.404. The zero-order valence-corrected chi connectivity index (χ0v) is 29.9. The van der Waals surface area contributed by atoms with E-state index in [9.17, 15) is 24.0 Å². The van der Waals surface area contributed by atoms with Gasteiger partial charge in [-0.3, -0.25) is 14.4 Å². The van der Waals surface area contributed by atoms with Gasteiger partial charge in [0.05, 0.1) is 18.7 Å². The maximum atomic E-state index is 12.1. The third-order valence-corrected chi connectivity index (χ3v) is 7.94.